The predicted octanol–water partition coefficient (Wildman–Crippen LogP) is 1.97. The van der Waals surface area contributed by atoms with E-state index >= 15 is 0 Å². The van der Waals surface area contributed by atoms with Crippen LogP contribution >= 0.6 is 12.4 Å². The SMILES string of the molecule is Cl.Cn1cccc1C(=O)N[C@H]1C[C@H]2CNC[C@H]2C[C@@H]1OCC1CC1. The third-order valence-electron chi connectivity index (χ3n) is 5.76. The van der Waals surface area contributed by atoms with E-state index in [0.717, 1.165) is 44.1 Å². The van der Waals surface area contributed by atoms with E-state index in [1.54, 1.807) is 0 Å². The van der Waals surface area contributed by atoms with Gasteiger partial charge in [0.1, 0.15) is 5.69 Å². The molecule has 4 atom stereocenters. The fourth-order valence-electron chi connectivity index (χ4n) is 4.10. The van der Waals surface area contributed by atoms with Crippen molar-refractivity contribution in [1.82, 2.24) is 15.2 Å². The Kier molecular flexibility index (Phi) is 5.52. The Morgan fingerprint density at radius 2 is 2.08 bits per heavy atom. The summed E-state index contributed by atoms with van der Waals surface area (Å²) in [6.45, 7) is 3.05. The van der Waals surface area contributed by atoms with Crippen molar-refractivity contribution in [3.63, 3.8) is 0 Å². The van der Waals surface area contributed by atoms with Gasteiger partial charge in [-0.1, -0.05) is 0 Å². The van der Waals surface area contributed by atoms with E-state index < -0.39 is 0 Å². The Bertz CT molecular complexity index is 572. The van der Waals surface area contributed by atoms with Crippen LogP contribution in [0.4, 0.5) is 0 Å². The number of hydrogen-bond acceptors (Lipinski definition) is 3. The molecule has 2 saturated carbocycles. The molecule has 1 aliphatic heterocycles. The van der Waals surface area contributed by atoms with Crippen molar-refractivity contribution < 1.29 is 9.53 Å². The number of carbonyl (C=O) groups is 1. The minimum atomic E-state index is 0. The van der Waals surface area contributed by atoms with Gasteiger partial charge in [-0.2, -0.15) is 0 Å². The lowest BCUT2D eigenvalue weighted by molar-refractivity contribution is -0.0212. The number of rotatable bonds is 5. The number of nitrogens with zero attached hydrogens (tertiary/aromatic N) is 1. The Balaban J connectivity index is 0.00000169. The lowest BCUT2D eigenvalue weighted by atomic mass is 9.77. The van der Waals surface area contributed by atoms with Crippen molar-refractivity contribution in [3.05, 3.63) is 24.0 Å². The molecular formula is C18H28ClN3O2. The van der Waals surface area contributed by atoms with Crippen molar-refractivity contribution in [2.45, 2.75) is 37.8 Å². The van der Waals surface area contributed by atoms with Crippen LogP contribution in [0.15, 0.2) is 18.3 Å². The molecule has 0 radical (unpaired) electrons. The van der Waals surface area contributed by atoms with Gasteiger partial charge in [-0.15, -0.1) is 12.4 Å². The van der Waals surface area contributed by atoms with Gasteiger partial charge in [-0.05, 0) is 68.7 Å². The summed E-state index contributed by atoms with van der Waals surface area (Å²) in [7, 11) is 1.91. The highest BCUT2D eigenvalue weighted by atomic mass is 35.5. The Hall–Kier alpha value is -1.04. The van der Waals surface area contributed by atoms with Gasteiger partial charge in [-0.3, -0.25) is 4.79 Å². The molecule has 0 bridgehead atoms. The van der Waals surface area contributed by atoms with Gasteiger partial charge in [-0.25, -0.2) is 0 Å². The maximum absolute atomic E-state index is 12.6. The molecule has 6 heteroatoms. The average Bonchev–Trinajstić information content (AvgIpc) is 3.08. The first-order valence-electron chi connectivity index (χ1n) is 8.95. The van der Waals surface area contributed by atoms with Crippen LogP contribution in [0.25, 0.3) is 0 Å². The highest BCUT2D eigenvalue weighted by molar-refractivity contribution is 5.92. The largest absolute Gasteiger partial charge is 0.376 e. The lowest BCUT2D eigenvalue weighted by Crippen LogP contribution is -2.50. The Labute approximate surface area is 149 Å². The fourth-order valence-corrected chi connectivity index (χ4v) is 4.10. The molecule has 4 rings (SSSR count). The van der Waals surface area contributed by atoms with E-state index in [-0.39, 0.29) is 30.5 Å². The zero-order valence-corrected chi connectivity index (χ0v) is 15.1. The molecule has 1 saturated heterocycles. The van der Waals surface area contributed by atoms with Gasteiger partial charge in [0.2, 0.25) is 0 Å². The van der Waals surface area contributed by atoms with Crippen molar-refractivity contribution >= 4 is 18.3 Å². The smallest absolute Gasteiger partial charge is 0.268 e. The van der Waals surface area contributed by atoms with E-state index in [0.29, 0.717) is 11.8 Å². The average molecular weight is 354 g/mol. The highest BCUT2D eigenvalue weighted by Gasteiger charge is 2.41. The normalized spacial score (nSPS) is 32.0. The highest BCUT2D eigenvalue weighted by Crippen LogP contribution is 2.36. The first-order valence-corrected chi connectivity index (χ1v) is 8.95. The molecule has 3 fully saturated rings. The van der Waals surface area contributed by atoms with Crippen LogP contribution in [0.5, 0.6) is 0 Å². The monoisotopic (exact) mass is 353 g/mol. The second-order valence-electron chi connectivity index (χ2n) is 7.55. The summed E-state index contributed by atoms with van der Waals surface area (Å²) in [6.07, 6.45) is 6.79. The molecule has 2 N–H and O–H groups in total. The maximum Gasteiger partial charge on any atom is 0.268 e. The van der Waals surface area contributed by atoms with E-state index in [1.165, 1.54) is 12.8 Å². The van der Waals surface area contributed by atoms with Crippen molar-refractivity contribution in [3.8, 4) is 0 Å². The molecule has 2 heterocycles. The predicted molar refractivity (Wildman–Crippen MR) is 95.5 cm³/mol. The number of hydrogen-bond donors (Lipinski definition) is 2. The van der Waals surface area contributed by atoms with Gasteiger partial charge in [0, 0.05) is 19.9 Å². The van der Waals surface area contributed by atoms with Gasteiger partial charge in [0.05, 0.1) is 12.1 Å². The molecule has 0 aromatic carbocycles. The molecule has 5 nitrogen and oxygen atoms in total. The van der Waals surface area contributed by atoms with Crippen molar-refractivity contribution in [2.24, 2.45) is 24.8 Å². The number of aromatic nitrogens is 1. The molecule has 0 unspecified atom stereocenters. The molecular weight excluding hydrogens is 326 g/mol. The van der Waals surface area contributed by atoms with Crippen LogP contribution in [0.1, 0.15) is 36.2 Å². The number of fused-ring (bicyclic) bond motifs is 1. The minimum absolute atomic E-state index is 0. The van der Waals surface area contributed by atoms with Crippen LogP contribution in [0.2, 0.25) is 0 Å². The summed E-state index contributed by atoms with van der Waals surface area (Å²) in [5, 5.41) is 6.76. The van der Waals surface area contributed by atoms with Gasteiger partial charge in [0.15, 0.2) is 0 Å². The first-order chi connectivity index (χ1) is 11.2. The van der Waals surface area contributed by atoms with Crippen LogP contribution in [-0.2, 0) is 11.8 Å². The summed E-state index contributed by atoms with van der Waals surface area (Å²) in [6, 6.07) is 3.92. The number of ether oxygens (including phenoxy) is 1. The summed E-state index contributed by atoms with van der Waals surface area (Å²) in [5.74, 6) is 2.17. The molecule has 1 amide bonds. The standard InChI is InChI=1S/C18H27N3O2.ClH/c1-21-6-2-3-16(21)18(22)20-15-7-13-9-19-10-14(13)8-17(15)23-11-12-4-5-12;/h2-3,6,12-15,17,19H,4-5,7-11H2,1H3,(H,20,22);1H/t13-,14+,15-,17-;/m0./s1. The Morgan fingerprint density at radius 1 is 1.33 bits per heavy atom. The number of nitrogens with one attached hydrogen (secondary N) is 2. The second-order valence-corrected chi connectivity index (χ2v) is 7.55. The number of carbonyl (C=O) groups excluding carboxylic acids is 1. The number of aryl methyl sites for hydroxylation is 1. The summed E-state index contributed by atoms with van der Waals surface area (Å²) >= 11 is 0. The fraction of sp³-hybridized carbons (Fsp3) is 0.722. The molecule has 3 aliphatic rings. The minimum Gasteiger partial charge on any atom is -0.376 e. The molecule has 1 aromatic heterocycles. The maximum atomic E-state index is 12.6. The van der Waals surface area contributed by atoms with Gasteiger partial charge < -0.3 is 19.9 Å². The molecule has 1 aromatic rings. The van der Waals surface area contributed by atoms with Gasteiger partial charge in [0.25, 0.3) is 5.91 Å². The zero-order chi connectivity index (χ0) is 15.8. The van der Waals surface area contributed by atoms with Crippen LogP contribution in [-0.4, -0.2) is 42.3 Å². The number of halogens is 1. The quantitative estimate of drug-likeness (QED) is 0.851. The van der Waals surface area contributed by atoms with Crippen LogP contribution in [0, 0.1) is 17.8 Å². The lowest BCUT2D eigenvalue weighted by Gasteiger charge is -2.38. The molecule has 134 valence electrons. The summed E-state index contributed by atoms with van der Waals surface area (Å²) in [5.41, 5.74) is 0.720. The zero-order valence-electron chi connectivity index (χ0n) is 14.2. The summed E-state index contributed by atoms with van der Waals surface area (Å²) < 4.78 is 8.10. The van der Waals surface area contributed by atoms with Crippen molar-refractivity contribution in [2.75, 3.05) is 19.7 Å². The third-order valence-corrected chi connectivity index (χ3v) is 5.76. The van der Waals surface area contributed by atoms with E-state index in [1.807, 2.05) is 29.9 Å². The van der Waals surface area contributed by atoms with E-state index in [4.69, 9.17) is 4.74 Å². The summed E-state index contributed by atoms with van der Waals surface area (Å²) in [4.78, 5) is 12.6. The topological polar surface area (TPSA) is 55.3 Å². The third kappa shape index (κ3) is 3.79. The molecule has 0 spiro atoms. The number of amides is 1. The van der Waals surface area contributed by atoms with E-state index in [2.05, 4.69) is 10.6 Å². The second kappa shape index (κ2) is 7.46. The van der Waals surface area contributed by atoms with Crippen molar-refractivity contribution in [1.29, 1.82) is 0 Å². The van der Waals surface area contributed by atoms with E-state index in [9.17, 15) is 4.79 Å². The first kappa shape index (κ1) is 17.8. The van der Waals surface area contributed by atoms with Crippen LogP contribution in [0.3, 0.4) is 0 Å². The Morgan fingerprint density at radius 3 is 2.75 bits per heavy atom. The van der Waals surface area contributed by atoms with Crippen LogP contribution < -0.4 is 10.6 Å². The van der Waals surface area contributed by atoms with Gasteiger partial charge >= 0.3 is 0 Å². The molecule has 2 aliphatic carbocycles. The molecule has 24 heavy (non-hydrogen) atoms.